The zero-order valence-corrected chi connectivity index (χ0v) is 22.2. The number of nitrogen functional groups attached to an aromatic ring is 1. The molecule has 0 unspecified atom stereocenters. The lowest BCUT2D eigenvalue weighted by Gasteiger charge is -2.21. The van der Waals surface area contributed by atoms with Crippen LogP contribution >= 0.6 is 0 Å². The van der Waals surface area contributed by atoms with E-state index in [9.17, 15) is 4.79 Å². The molecule has 35 heavy (non-hydrogen) atoms. The van der Waals surface area contributed by atoms with Gasteiger partial charge in [-0.05, 0) is 74.8 Å². The van der Waals surface area contributed by atoms with E-state index in [0.717, 1.165) is 37.2 Å². The van der Waals surface area contributed by atoms with Gasteiger partial charge in [-0.15, -0.1) is 0 Å². The van der Waals surface area contributed by atoms with Crippen molar-refractivity contribution in [2.45, 2.75) is 72.1 Å². The highest BCUT2D eigenvalue weighted by Gasteiger charge is 2.29. The number of nitrogens with zero attached hydrogens (tertiary/aromatic N) is 1. The summed E-state index contributed by atoms with van der Waals surface area (Å²) in [6.45, 7) is 14.7. The van der Waals surface area contributed by atoms with E-state index in [1.54, 1.807) is 6.07 Å². The molecule has 2 N–H and O–H groups in total. The van der Waals surface area contributed by atoms with Crippen molar-refractivity contribution in [1.82, 2.24) is 4.90 Å². The van der Waals surface area contributed by atoms with E-state index >= 15 is 0 Å². The van der Waals surface area contributed by atoms with Crippen molar-refractivity contribution < 1.29 is 13.9 Å². The fourth-order valence-corrected chi connectivity index (χ4v) is 4.29. The largest absolute Gasteiger partial charge is 0.494 e. The third-order valence-electron chi connectivity index (χ3n) is 6.28. The Kier molecular flexibility index (Phi) is 9.39. The molecule has 3 aromatic rings. The summed E-state index contributed by atoms with van der Waals surface area (Å²) in [5.41, 5.74) is 8.20. The molecule has 0 aliphatic rings. The molecule has 3 rings (SSSR count). The van der Waals surface area contributed by atoms with Gasteiger partial charge in [0, 0.05) is 28.6 Å². The van der Waals surface area contributed by atoms with Gasteiger partial charge < -0.3 is 19.8 Å². The van der Waals surface area contributed by atoms with Crippen LogP contribution in [0.2, 0.25) is 0 Å². The lowest BCUT2D eigenvalue weighted by molar-refractivity contribution is 0.103. The van der Waals surface area contributed by atoms with Crippen LogP contribution in [0.5, 0.6) is 5.75 Å². The van der Waals surface area contributed by atoms with Crippen molar-refractivity contribution in [3.8, 4) is 5.75 Å². The molecule has 0 bridgehead atoms. The molecule has 190 valence electrons. The van der Waals surface area contributed by atoms with Crippen molar-refractivity contribution in [3.05, 3.63) is 59.4 Å². The fraction of sp³-hybridized carbons (Fsp3) is 0.500. The molecule has 5 nitrogen and oxygen atoms in total. The summed E-state index contributed by atoms with van der Waals surface area (Å²) < 4.78 is 12.1. The molecule has 0 radical (unpaired) electrons. The first-order chi connectivity index (χ1) is 16.7. The Bertz CT molecular complexity index is 1090. The second-order valence-electron chi connectivity index (χ2n) is 10.4. The van der Waals surface area contributed by atoms with Crippen LogP contribution in [0.1, 0.15) is 88.4 Å². The number of hydrogen-bond donors (Lipinski definition) is 1. The molecule has 0 fully saturated rings. The SMILES string of the molecule is CCCCN(CCCC)CCCOc1ccc(C(=O)c2c(C(C)(C)C)oc3ccc(N)cc23)cc1. The fourth-order valence-electron chi connectivity index (χ4n) is 4.29. The summed E-state index contributed by atoms with van der Waals surface area (Å²) in [6.07, 6.45) is 5.93. The van der Waals surface area contributed by atoms with Crippen LogP contribution in [0.15, 0.2) is 46.9 Å². The highest BCUT2D eigenvalue weighted by molar-refractivity contribution is 6.17. The summed E-state index contributed by atoms with van der Waals surface area (Å²) in [7, 11) is 0. The van der Waals surface area contributed by atoms with Crippen LogP contribution in [0.4, 0.5) is 5.69 Å². The van der Waals surface area contributed by atoms with Gasteiger partial charge in [-0.2, -0.15) is 0 Å². The third kappa shape index (κ3) is 7.11. The Balaban J connectivity index is 1.67. The standard InChI is InChI=1S/C30H42N2O3/c1-6-8-17-32(18-9-7-2)19-10-20-34-24-14-11-22(12-15-24)28(33)27-25-21-23(31)13-16-26(25)35-29(27)30(3,4)5/h11-16,21H,6-10,17-20,31H2,1-5H3. The van der Waals surface area contributed by atoms with Crippen LogP contribution in [-0.2, 0) is 5.41 Å². The summed E-state index contributed by atoms with van der Waals surface area (Å²) in [5.74, 6) is 1.40. The average Bonchev–Trinajstić information content (AvgIpc) is 3.22. The minimum Gasteiger partial charge on any atom is -0.494 e. The number of benzene rings is 2. The summed E-state index contributed by atoms with van der Waals surface area (Å²) in [5, 5.41) is 0.760. The number of nitrogens with two attached hydrogens (primary N) is 1. The van der Waals surface area contributed by atoms with Crippen molar-refractivity contribution in [2.24, 2.45) is 0 Å². The molecular weight excluding hydrogens is 436 g/mol. The van der Waals surface area contributed by atoms with Gasteiger partial charge in [0.05, 0.1) is 12.2 Å². The Morgan fingerprint density at radius 1 is 0.943 bits per heavy atom. The minimum absolute atomic E-state index is 0.0617. The van der Waals surface area contributed by atoms with Crippen LogP contribution in [0.25, 0.3) is 11.0 Å². The Morgan fingerprint density at radius 3 is 2.17 bits per heavy atom. The second-order valence-corrected chi connectivity index (χ2v) is 10.4. The maximum absolute atomic E-state index is 13.6. The zero-order chi connectivity index (χ0) is 25.4. The number of ether oxygens (including phenoxy) is 1. The molecular formula is C30H42N2O3. The molecule has 5 heteroatoms. The summed E-state index contributed by atoms with van der Waals surface area (Å²) in [6, 6.07) is 12.9. The maximum atomic E-state index is 13.6. The number of rotatable bonds is 13. The van der Waals surface area contributed by atoms with Gasteiger partial charge in [0.25, 0.3) is 0 Å². The van der Waals surface area contributed by atoms with Gasteiger partial charge in [0.15, 0.2) is 5.78 Å². The normalized spacial score (nSPS) is 11.9. The first-order valence-electron chi connectivity index (χ1n) is 13.1. The monoisotopic (exact) mass is 478 g/mol. The molecule has 0 saturated heterocycles. The van der Waals surface area contributed by atoms with Crippen molar-refractivity contribution >= 4 is 22.4 Å². The van der Waals surface area contributed by atoms with Crippen molar-refractivity contribution in [3.63, 3.8) is 0 Å². The predicted octanol–water partition coefficient (Wildman–Crippen LogP) is 7.21. The predicted molar refractivity (Wildman–Crippen MR) is 146 cm³/mol. The molecule has 0 spiro atoms. The maximum Gasteiger partial charge on any atom is 0.197 e. The van der Waals surface area contributed by atoms with E-state index < -0.39 is 0 Å². The number of unbranched alkanes of at least 4 members (excludes halogenated alkanes) is 2. The van der Waals surface area contributed by atoms with Crippen LogP contribution in [0.3, 0.4) is 0 Å². The highest BCUT2D eigenvalue weighted by atomic mass is 16.5. The molecule has 1 heterocycles. The van der Waals surface area contributed by atoms with E-state index in [1.807, 2.05) is 57.2 Å². The lowest BCUT2D eigenvalue weighted by atomic mass is 9.87. The Morgan fingerprint density at radius 2 is 1.57 bits per heavy atom. The highest BCUT2D eigenvalue weighted by Crippen LogP contribution is 2.36. The molecule has 0 amide bonds. The lowest BCUT2D eigenvalue weighted by Crippen LogP contribution is -2.28. The van der Waals surface area contributed by atoms with Gasteiger partial charge in [0.1, 0.15) is 17.1 Å². The van der Waals surface area contributed by atoms with Gasteiger partial charge in [-0.3, -0.25) is 4.79 Å². The quantitative estimate of drug-likeness (QED) is 0.160. The first-order valence-corrected chi connectivity index (χ1v) is 13.1. The second kappa shape index (κ2) is 12.3. The van der Waals surface area contributed by atoms with E-state index in [2.05, 4.69) is 18.7 Å². The number of carbonyl (C=O) groups excluding carboxylic acids is 1. The van der Waals surface area contributed by atoms with Crippen molar-refractivity contribution in [1.29, 1.82) is 0 Å². The molecule has 2 aromatic carbocycles. The molecule has 0 atom stereocenters. The van der Waals surface area contributed by atoms with Gasteiger partial charge in [-0.25, -0.2) is 0 Å². The average molecular weight is 479 g/mol. The minimum atomic E-state index is -0.316. The van der Waals surface area contributed by atoms with Crippen molar-refractivity contribution in [2.75, 3.05) is 32.0 Å². The molecule has 0 aliphatic carbocycles. The summed E-state index contributed by atoms with van der Waals surface area (Å²) >= 11 is 0. The van der Waals surface area contributed by atoms with Gasteiger partial charge >= 0.3 is 0 Å². The third-order valence-corrected chi connectivity index (χ3v) is 6.28. The Labute approximate surface area is 210 Å². The van der Waals surface area contributed by atoms with E-state index in [-0.39, 0.29) is 11.2 Å². The molecule has 1 aromatic heterocycles. The zero-order valence-electron chi connectivity index (χ0n) is 22.2. The van der Waals surface area contributed by atoms with Crippen LogP contribution in [0, 0.1) is 0 Å². The Hall–Kier alpha value is -2.79. The van der Waals surface area contributed by atoms with Crippen LogP contribution in [-0.4, -0.2) is 36.9 Å². The number of fused-ring (bicyclic) bond motifs is 1. The summed E-state index contributed by atoms with van der Waals surface area (Å²) in [4.78, 5) is 16.1. The van der Waals surface area contributed by atoms with Gasteiger partial charge in [-0.1, -0.05) is 47.5 Å². The number of furan rings is 1. The number of anilines is 1. The number of hydrogen-bond acceptors (Lipinski definition) is 5. The topological polar surface area (TPSA) is 68.7 Å². The molecule has 0 aliphatic heterocycles. The van der Waals surface area contributed by atoms with E-state index in [0.29, 0.717) is 34.8 Å². The number of ketones is 1. The van der Waals surface area contributed by atoms with Crippen LogP contribution < -0.4 is 10.5 Å². The van der Waals surface area contributed by atoms with E-state index in [4.69, 9.17) is 14.9 Å². The first kappa shape index (κ1) is 26.8. The smallest absolute Gasteiger partial charge is 0.197 e. The van der Waals surface area contributed by atoms with E-state index in [1.165, 1.54) is 25.7 Å². The van der Waals surface area contributed by atoms with Gasteiger partial charge in [0.2, 0.25) is 0 Å². The molecule has 0 saturated carbocycles. The number of carbonyl (C=O) groups is 1.